The van der Waals surface area contributed by atoms with Crippen molar-refractivity contribution in [1.82, 2.24) is 15.5 Å². The topological polar surface area (TPSA) is 116 Å². The van der Waals surface area contributed by atoms with Crippen LogP contribution in [0.5, 0.6) is 0 Å². The summed E-state index contributed by atoms with van der Waals surface area (Å²) in [5.74, 6) is -2.20. The number of rotatable bonds is 4. The number of hydrogen-bond acceptors (Lipinski definition) is 4. The van der Waals surface area contributed by atoms with E-state index in [0.717, 1.165) is 63.4 Å². The van der Waals surface area contributed by atoms with Gasteiger partial charge in [0.2, 0.25) is 17.7 Å². The first kappa shape index (κ1) is 26.7. The van der Waals surface area contributed by atoms with Crippen LogP contribution in [0, 0.1) is 0 Å². The maximum absolute atomic E-state index is 13.3. The zero-order chi connectivity index (χ0) is 25.0. The van der Waals surface area contributed by atoms with Crippen molar-refractivity contribution in [3.05, 3.63) is 35.9 Å². The second-order valence-corrected chi connectivity index (χ2v) is 9.75. The quantitative estimate of drug-likeness (QED) is 0.601. The van der Waals surface area contributed by atoms with Crippen molar-refractivity contribution in [2.75, 3.05) is 6.54 Å². The van der Waals surface area contributed by atoms with Gasteiger partial charge in [-0.2, -0.15) is 0 Å². The molecule has 8 nitrogen and oxygen atoms in total. The molecule has 1 aromatic carbocycles. The maximum atomic E-state index is 13.3. The van der Waals surface area contributed by atoms with Gasteiger partial charge in [0.1, 0.15) is 12.1 Å². The van der Waals surface area contributed by atoms with Gasteiger partial charge in [0.15, 0.2) is 0 Å². The van der Waals surface area contributed by atoms with Gasteiger partial charge in [0.05, 0.1) is 12.5 Å². The number of carboxylic acids is 1. The predicted molar refractivity (Wildman–Crippen MR) is 132 cm³/mol. The van der Waals surface area contributed by atoms with Crippen molar-refractivity contribution >= 4 is 23.7 Å². The SMILES string of the molecule is O=C1CCCCCCCCCCC(C(=O)O)NC(=O)[C@H](CC(=O)N2CCC[C@@H]2c2ccccc2)N1. The number of carboxylic acid groups (broad SMARTS) is 1. The first-order valence-electron chi connectivity index (χ1n) is 13.1. The summed E-state index contributed by atoms with van der Waals surface area (Å²) in [5, 5.41) is 14.9. The minimum absolute atomic E-state index is 0.0552. The van der Waals surface area contributed by atoms with E-state index in [4.69, 9.17) is 0 Å². The summed E-state index contributed by atoms with van der Waals surface area (Å²) < 4.78 is 0. The lowest BCUT2D eigenvalue weighted by atomic mass is 10.0. The minimum Gasteiger partial charge on any atom is -0.480 e. The fraction of sp³-hybridized carbons (Fsp3) is 0.630. The van der Waals surface area contributed by atoms with Crippen LogP contribution in [0.1, 0.15) is 95.1 Å². The molecule has 0 spiro atoms. The van der Waals surface area contributed by atoms with Gasteiger partial charge in [-0.15, -0.1) is 0 Å². The fourth-order valence-electron chi connectivity index (χ4n) is 5.08. The van der Waals surface area contributed by atoms with Crippen molar-refractivity contribution in [1.29, 1.82) is 0 Å². The monoisotopic (exact) mass is 485 g/mol. The number of aliphatic carboxylic acids is 1. The van der Waals surface area contributed by atoms with Gasteiger partial charge in [-0.05, 0) is 31.2 Å². The Labute approximate surface area is 207 Å². The summed E-state index contributed by atoms with van der Waals surface area (Å²) in [5.41, 5.74) is 1.05. The number of benzene rings is 1. The standard InChI is InChI=1S/C27H39N3O5/c31-24-17-11-6-4-2-1-3-5-10-15-21(27(34)35)29-26(33)22(28-24)19-25(32)30-18-12-16-23(30)20-13-8-7-9-14-20/h7-9,13-14,21-23H,1-6,10-12,15-19H2,(H,28,31)(H,29,33)(H,34,35)/t21?,22-,23+/m0/s1. The Hall–Kier alpha value is -2.90. The molecule has 0 radical (unpaired) electrons. The molecule has 3 atom stereocenters. The third-order valence-corrected chi connectivity index (χ3v) is 7.05. The van der Waals surface area contributed by atoms with E-state index in [0.29, 0.717) is 19.4 Å². The summed E-state index contributed by atoms with van der Waals surface area (Å²) in [7, 11) is 0. The highest BCUT2D eigenvalue weighted by Gasteiger charge is 2.34. The number of carbonyl (C=O) groups excluding carboxylic acids is 3. The molecule has 3 amide bonds. The van der Waals surface area contributed by atoms with E-state index in [-0.39, 0.29) is 30.7 Å². The molecule has 2 aliphatic heterocycles. The van der Waals surface area contributed by atoms with Gasteiger partial charge in [-0.25, -0.2) is 4.79 Å². The van der Waals surface area contributed by atoms with E-state index in [1.807, 2.05) is 30.3 Å². The Bertz CT molecular complexity index is 860. The van der Waals surface area contributed by atoms with E-state index in [1.54, 1.807) is 4.90 Å². The second-order valence-electron chi connectivity index (χ2n) is 9.75. The lowest BCUT2D eigenvalue weighted by Crippen LogP contribution is -2.53. The van der Waals surface area contributed by atoms with Crippen molar-refractivity contribution in [3.63, 3.8) is 0 Å². The summed E-state index contributed by atoms with van der Waals surface area (Å²) in [4.78, 5) is 52.6. The molecule has 8 heteroatoms. The van der Waals surface area contributed by atoms with Crippen LogP contribution in [0.15, 0.2) is 30.3 Å². The first-order valence-corrected chi connectivity index (χ1v) is 13.1. The highest BCUT2D eigenvalue weighted by Crippen LogP contribution is 2.32. The van der Waals surface area contributed by atoms with Crippen LogP contribution in [0.4, 0.5) is 0 Å². The molecule has 1 unspecified atom stereocenters. The molecule has 35 heavy (non-hydrogen) atoms. The van der Waals surface area contributed by atoms with Crippen molar-refractivity contribution in [2.24, 2.45) is 0 Å². The lowest BCUT2D eigenvalue weighted by molar-refractivity contribution is -0.143. The number of likely N-dealkylation sites (tertiary alicyclic amines) is 1. The largest absolute Gasteiger partial charge is 0.480 e. The summed E-state index contributed by atoms with van der Waals surface area (Å²) in [6, 6.07) is 7.62. The number of nitrogens with zero attached hydrogens (tertiary/aromatic N) is 1. The fourth-order valence-corrected chi connectivity index (χ4v) is 5.08. The van der Waals surface area contributed by atoms with Gasteiger partial charge in [-0.3, -0.25) is 14.4 Å². The van der Waals surface area contributed by atoms with Gasteiger partial charge in [-0.1, -0.05) is 75.3 Å². The number of amides is 3. The Kier molecular flexibility index (Phi) is 10.6. The van der Waals surface area contributed by atoms with Gasteiger partial charge < -0.3 is 20.6 Å². The van der Waals surface area contributed by atoms with Gasteiger partial charge in [0, 0.05) is 13.0 Å². The van der Waals surface area contributed by atoms with E-state index >= 15 is 0 Å². The number of carbonyl (C=O) groups is 4. The first-order chi connectivity index (χ1) is 17.0. The Morgan fingerprint density at radius 2 is 1.51 bits per heavy atom. The molecule has 0 saturated carbocycles. The molecule has 2 fully saturated rings. The Morgan fingerprint density at radius 1 is 0.857 bits per heavy atom. The predicted octanol–water partition coefficient (Wildman–Crippen LogP) is 3.71. The van der Waals surface area contributed by atoms with Crippen LogP contribution in [-0.4, -0.2) is 52.3 Å². The molecule has 3 rings (SSSR count). The van der Waals surface area contributed by atoms with E-state index in [1.165, 1.54) is 0 Å². The maximum Gasteiger partial charge on any atom is 0.326 e. The molecule has 3 N–H and O–H groups in total. The second kappa shape index (κ2) is 13.9. The molecule has 1 aromatic rings. The van der Waals surface area contributed by atoms with Crippen LogP contribution in [0.2, 0.25) is 0 Å². The summed E-state index contributed by atoms with van der Waals surface area (Å²) in [6.07, 6.45) is 9.77. The molecular weight excluding hydrogens is 446 g/mol. The normalized spacial score (nSPS) is 25.5. The van der Waals surface area contributed by atoms with Crippen LogP contribution < -0.4 is 10.6 Å². The zero-order valence-corrected chi connectivity index (χ0v) is 20.5. The molecule has 192 valence electrons. The van der Waals surface area contributed by atoms with Gasteiger partial charge >= 0.3 is 5.97 Å². The van der Waals surface area contributed by atoms with E-state index in [2.05, 4.69) is 10.6 Å². The molecule has 2 saturated heterocycles. The third-order valence-electron chi connectivity index (χ3n) is 7.05. The van der Waals surface area contributed by atoms with Crippen molar-refractivity contribution < 1.29 is 24.3 Å². The molecule has 2 aliphatic rings. The van der Waals surface area contributed by atoms with Crippen LogP contribution in [0.25, 0.3) is 0 Å². The molecule has 0 aromatic heterocycles. The minimum atomic E-state index is -1.10. The smallest absolute Gasteiger partial charge is 0.326 e. The van der Waals surface area contributed by atoms with Gasteiger partial charge in [0.25, 0.3) is 0 Å². The molecule has 0 bridgehead atoms. The van der Waals surface area contributed by atoms with Crippen molar-refractivity contribution in [2.45, 2.75) is 102 Å². The highest BCUT2D eigenvalue weighted by molar-refractivity contribution is 5.94. The lowest BCUT2D eigenvalue weighted by Gasteiger charge is -2.28. The Balaban J connectivity index is 1.71. The van der Waals surface area contributed by atoms with Crippen LogP contribution in [0.3, 0.4) is 0 Å². The summed E-state index contributed by atoms with van der Waals surface area (Å²) >= 11 is 0. The number of nitrogens with one attached hydrogen (secondary N) is 2. The third kappa shape index (κ3) is 8.37. The molecule has 2 heterocycles. The number of hydrogen-bond donors (Lipinski definition) is 3. The Morgan fingerprint density at radius 3 is 2.20 bits per heavy atom. The highest BCUT2D eigenvalue weighted by atomic mass is 16.4. The van der Waals surface area contributed by atoms with E-state index < -0.39 is 24.0 Å². The molecule has 0 aliphatic carbocycles. The van der Waals surface area contributed by atoms with E-state index in [9.17, 15) is 24.3 Å². The zero-order valence-electron chi connectivity index (χ0n) is 20.5. The summed E-state index contributed by atoms with van der Waals surface area (Å²) in [6.45, 7) is 0.596. The average Bonchev–Trinajstić information content (AvgIpc) is 3.34. The van der Waals surface area contributed by atoms with Crippen LogP contribution in [-0.2, 0) is 19.2 Å². The van der Waals surface area contributed by atoms with Crippen molar-refractivity contribution in [3.8, 4) is 0 Å². The van der Waals surface area contributed by atoms with Crippen LogP contribution >= 0.6 is 0 Å². The average molecular weight is 486 g/mol. The molecular formula is C27H39N3O5.